The SMILES string of the molecule is O[C@@H]1C[C@H]2CNC[C@H]2C[C@H]1Oc1cccc(Oc2ccccc2)c1. The van der Waals surface area contributed by atoms with E-state index in [2.05, 4.69) is 5.32 Å². The minimum atomic E-state index is -0.398. The normalized spacial score (nSPS) is 29.0. The second kappa shape index (κ2) is 6.83. The number of benzene rings is 2. The van der Waals surface area contributed by atoms with Crippen molar-refractivity contribution in [3.8, 4) is 17.2 Å². The number of ether oxygens (including phenoxy) is 2. The first-order valence-electron chi connectivity index (χ1n) is 8.66. The van der Waals surface area contributed by atoms with Crippen LogP contribution in [0.4, 0.5) is 0 Å². The topological polar surface area (TPSA) is 50.7 Å². The molecule has 4 rings (SSSR count). The number of fused-ring (bicyclic) bond motifs is 1. The van der Waals surface area contributed by atoms with Gasteiger partial charge >= 0.3 is 0 Å². The van der Waals surface area contributed by atoms with Crippen molar-refractivity contribution in [2.24, 2.45) is 11.8 Å². The fourth-order valence-electron chi connectivity index (χ4n) is 3.79. The van der Waals surface area contributed by atoms with Crippen molar-refractivity contribution in [3.63, 3.8) is 0 Å². The van der Waals surface area contributed by atoms with E-state index in [4.69, 9.17) is 9.47 Å². The van der Waals surface area contributed by atoms with Crippen LogP contribution in [0.5, 0.6) is 17.2 Å². The van der Waals surface area contributed by atoms with Crippen LogP contribution in [0.15, 0.2) is 54.6 Å². The zero-order valence-corrected chi connectivity index (χ0v) is 13.6. The van der Waals surface area contributed by atoms with Gasteiger partial charge in [-0.2, -0.15) is 0 Å². The Bertz CT molecular complexity index is 676. The van der Waals surface area contributed by atoms with Gasteiger partial charge in [0.15, 0.2) is 0 Å². The van der Waals surface area contributed by atoms with E-state index >= 15 is 0 Å². The molecule has 126 valence electrons. The summed E-state index contributed by atoms with van der Waals surface area (Å²) in [6.45, 7) is 2.06. The first-order chi connectivity index (χ1) is 11.8. The van der Waals surface area contributed by atoms with E-state index in [1.807, 2.05) is 54.6 Å². The van der Waals surface area contributed by atoms with Crippen LogP contribution in [0.3, 0.4) is 0 Å². The lowest BCUT2D eigenvalue weighted by Crippen LogP contribution is -2.42. The monoisotopic (exact) mass is 325 g/mol. The van der Waals surface area contributed by atoms with E-state index in [0.717, 1.165) is 43.2 Å². The Morgan fingerprint density at radius 1 is 0.833 bits per heavy atom. The molecule has 1 aliphatic carbocycles. The smallest absolute Gasteiger partial charge is 0.131 e. The molecule has 0 spiro atoms. The van der Waals surface area contributed by atoms with Gasteiger partial charge in [0.2, 0.25) is 0 Å². The second-order valence-electron chi connectivity index (χ2n) is 6.76. The lowest BCUT2D eigenvalue weighted by atomic mass is 9.78. The molecular formula is C20H23NO3. The Morgan fingerprint density at radius 2 is 1.54 bits per heavy atom. The molecule has 2 fully saturated rings. The van der Waals surface area contributed by atoms with E-state index in [0.29, 0.717) is 11.8 Å². The van der Waals surface area contributed by atoms with Gasteiger partial charge in [-0.1, -0.05) is 24.3 Å². The summed E-state index contributed by atoms with van der Waals surface area (Å²) in [4.78, 5) is 0. The number of aliphatic hydroxyl groups excluding tert-OH is 1. The molecular weight excluding hydrogens is 302 g/mol. The number of hydrogen-bond donors (Lipinski definition) is 2. The highest BCUT2D eigenvalue weighted by atomic mass is 16.5. The molecule has 1 saturated heterocycles. The number of nitrogens with one attached hydrogen (secondary N) is 1. The average Bonchev–Trinajstić information content (AvgIpc) is 3.03. The zero-order chi connectivity index (χ0) is 16.4. The van der Waals surface area contributed by atoms with Crippen molar-refractivity contribution in [1.29, 1.82) is 0 Å². The number of para-hydroxylation sites is 1. The summed E-state index contributed by atoms with van der Waals surface area (Å²) >= 11 is 0. The van der Waals surface area contributed by atoms with E-state index in [9.17, 15) is 5.11 Å². The van der Waals surface area contributed by atoms with Crippen LogP contribution < -0.4 is 14.8 Å². The quantitative estimate of drug-likeness (QED) is 0.906. The van der Waals surface area contributed by atoms with Gasteiger partial charge in [0.05, 0.1) is 6.10 Å². The first-order valence-corrected chi connectivity index (χ1v) is 8.66. The maximum atomic E-state index is 10.4. The standard InChI is InChI=1S/C20H23NO3/c22-19-9-14-12-21-13-15(14)10-20(19)24-18-8-4-7-17(11-18)23-16-5-2-1-3-6-16/h1-8,11,14-15,19-22H,9-10,12-13H2/t14-,15+,19+,20+/m0/s1. The van der Waals surface area contributed by atoms with Crippen LogP contribution >= 0.6 is 0 Å². The van der Waals surface area contributed by atoms with E-state index in [1.54, 1.807) is 0 Å². The summed E-state index contributed by atoms with van der Waals surface area (Å²) in [5, 5.41) is 13.8. The Hall–Kier alpha value is -2.04. The van der Waals surface area contributed by atoms with Gasteiger partial charge < -0.3 is 19.9 Å². The molecule has 4 heteroatoms. The summed E-state index contributed by atoms with van der Waals surface area (Å²) in [7, 11) is 0. The molecule has 2 aliphatic rings. The van der Waals surface area contributed by atoms with Gasteiger partial charge in [0.25, 0.3) is 0 Å². The van der Waals surface area contributed by atoms with Crippen LogP contribution in [0.1, 0.15) is 12.8 Å². The number of aliphatic hydroxyl groups is 1. The van der Waals surface area contributed by atoms with Crippen molar-refractivity contribution in [3.05, 3.63) is 54.6 Å². The van der Waals surface area contributed by atoms with Crippen LogP contribution in [-0.4, -0.2) is 30.4 Å². The van der Waals surface area contributed by atoms with Crippen LogP contribution in [0, 0.1) is 11.8 Å². The summed E-state index contributed by atoms with van der Waals surface area (Å²) < 4.78 is 11.9. The van der Waals surface area contributed by atoms with Crippen LogP contribution in [0.2, 0.25) is 0 Å². The van der Waals surface area contributed by atoms with Crippen molar-refractivity contribution in [2.45, 2.75) is 25.0 Å². The second-order valence-corrected chi connectivity index (χ2v) is 6.76. The maximum Gasteiger partial charge on any atom is 0.131 e. The van der Waals surface area contributed by atoms with Gasteiger partial charge in [-0.3, -0.25) is 0 Å². The van der Waals surface area contributed by atoms with Crippen molar-refractivity contribution in [2.75, 3.05) is 13.1 Å². The van der Waals surface area contributed by atoms with Crippen LogP contribution in [0.25, 0.3) is 0 Å². The molecule has 4 atom stereocenters. The molecule has 1 saturated carbocycles. The molecule has 2 aromatic carbocycles. The Kier molecular flexibility index (Phi) is 4.41. The van der Waals surface area contributed by atoms with Gasteiger partial charge in [-0.15, -0.1) is 0 Å². The third kappa shape index (κ3) is 3.40. The highest BCUT2D eigenvalue weighted by Gasteiger charge is 2.39. The molecule has 24 heavy (non-hydrogen) atoms. The van der Waals surface area contributed by atoms with Gasteiger partial charge in [-0.05, 0) is 62.0 Å². The van der Waals surface area contributed by atoms with Crippen molar-refractivity contribution >= 4 is 0 Å². The van der Waals surface area contributed by atoms with Gasteiger partial charge in [0.1, 0.15) is 23.4 Å². The Morgan fingerprint density at radius 3 is 2.38 bits per heavy atom. The minimum absolute atomic E-state index is 0.141. The lowest BCUT2D eigenvalue weighted by Gasteiger charge is -2.35. The third-order valence-electron chi connectivity index (χ3n) is 5.06. The fraction of sp³-hybridized carbons (Fsp3) is 0.400. The minimum Gasteiger partial charge on any atom is -0.488 e. The highest BCUT2D eigenvalue weighted by molar-refractivity contribution is 5.36. The van der Waals surface area contributed by atoms with Gasteiger partial charge in [0, 0.05) is 6.07 Å². The van der Waals surface area contributed by atoms with Crippen molar-refractivity contribution in [1.82, 2.24) is 5.32 Å². The van der Waals surface area contributed by atoms with E-state index in [-0.39, 0.29) is 6.10 Å². The highest BCUT2D eigenvalue weighted by Crippen LogP contribution is 2.35. The van der Waals surface area contributed by atoms with E-state index < -0.39 is 6.10 Å². The zero-order valence-electron chi connectivity index (χ0n) is 13.6. The molecule has 0 unspecified atom stereocenters. The van der Waals surface area contributed by atoms with Crippen molar-refractivity contribution < 1.29 is 14.6 Å². The predicted molar refractivity (Wildman–Crippen MR) is 92.5 cm³/mol. The third-order valence-corrected chi connectivity index (χ3v) is 5.06. The molecule has 0 radical (unpaired) electrons. The maximum absolute atomic E-state index is 10.4. The molecule has 0 amide bonds. The Labute approximate surface area is 142 Å². The molecule has 4 nitrogen and oxygen atoms in total. The van der Waals surface area contributed by atoms with E-state index in [1.165, 1.54) is 0 Å². The van der Waals surface area contributed by atoms with Crippen LogP contribution in [-0.2, 0) is 0 Å². The largest absolute Gasteiger partial charge is 0.488 e. The molecule has 1 aliphatic heterocycles. The molecule has 1 heterocycles. The molecule has 2 aromatic rings. The summed E-state index contributed by atoms with van der Waals surface area (Å²) in [5.41, 5.74) is 0. The first kappa shape index (κ1) is 15.5. The molecule has 0 aromatic heterocycles. The summed E-state index contributed by atoms with van der Waals surface area (Å²) in [5.74, 6) is 3.49. The summed E-state index contributed by atoms with van der Waals surface area (Å²) in [6.07, 6.45) is 1.19. The average molecular weight is 325 g/mol. The molecule has 0 bridgehead atoms. The fourth-order valence-corrected chi connectivity index (χ4v) is 3.79. The lowest BCUT2D eigenvalue weighted by molar-refractivity contribution is -0.0232. The number of rotatable bonds is 4. The molecule has 2 N–H and O–H groups in total. The van der Waals surface area contributed by atoms with Gasteiger partial charge in [-0.25, -0.2) is 0 Å². The summed E-state index contributed by atoms with van der Waals surface area (Å²) in [6, 6.07) is 17.3. The number of hydrogen-bond acceptors (Lipinski definition) is 4. The Balaban J connectivity index is 1.44. The predicted octanol–water partition coefficient (Wildman–Crippen LogP) is 3.22.